The minimum atomic E-state index is -0.154. The molecule has 0 radical (unpaired) electrons. The Balaban J connectivity index is 1.61. The van der Waals surface area contributed by atoms with Crippen molar-refractivity contribution in [3.8, 4) is 0 Å². The van der Waals surface area contributed by atoms with Crippen molar-refractivity contribution in [1.82, 2.24) is 9.80 Å². The minimum absolute atomic E-state index is 0.154. The van der Waals surface area contributed by atoms with Crippen molar-refractivity contribution in [1.29, 1.82) is 0 Å². The molecule has 1 N–H and O–H groups in total. The van der Waals surface area contributed by atoms with Gasteiger partial charge in [0.1, 0.15) is 0 Å². The second kappa shape index (κ2) is 5.25. The summed E-state index contributed by atoms with van der Waals surface area (Å²) in [4.78, 5) is 16.6. The van der Waals surface area contributed by atoms with Gasteiger partial charge in [-0.25, -0.2) is 0 Å². The van der Waals surface area contributed by atoms with Gasteiger partial charge in [-0.3, -0.25) is 9.69 Å². The zero-order valence-corrected chi connectivity index (χ0v) is 11.7. The highest BCUT2D eigenvalue weighted by molar-refractivity contribution is 5.80. The molecule has 2 fully saturated rings. The summed E-state index contributed by atoms with van der Waals surface area (Å²) in [5.74, 6) is 0.210. The molecule has 0 aromatic heterocycles. The van der Waals surface area contributed by atoms with E-state index in [-0.39, 0.29) is 12.0 Å². The molecule has 2 aliphatic heterocycles. The van der Waals surface area contributed by atoms with Crippen LogP contribution in [0.25, 0.3) is 0 Å². The average Bonchev–Trinajstić information content (AvgIpc) is 2.98. The van der Waals surface area contributed by atoms with Gasteiger partial charge in [0.25, 0.3) is 0 Å². The third kappa shape index (κ3) is 2.56. The maximum Gasteiger partial charge on any atom is 0.240 e. The highest BCUT2D eigenvalue weighted by atomic mass is 16.3. The Hall–Kier alpha value is -0.870. The molecule has 0 aromatic rings. The topological polar surface area (TPSA) is 43.8 Å². The van der Waals surface area contributed by atoms with Crippen LogP contribution in [0.3, 0.4) is 0 Å². The maximum absolute atomic E-state index is 12.4. The van der Waals surface area contributed by atoms with Crippen LogP contribution in [0, 0.1) is 0 Å². The van der Waals surface area contributed by atoms with Crippen LogP contribution in [0.4, 0.5) is 0 Å². The first-order chi connectivity index (χ1) is 9.15. The lowest BCUT2D eigenvalue weighted by atomic mass is 10.00. The monoisotopic (exact) mass is 264 g/mol. The molecule has 3 rings (SSSR count). The number of nitrogens with zero attached hydrogens (tertiary/aromatic N) is 2. The van der Waals surface area contributed by atoms with Gasteiger partial charge in [-0.2, -0.15) is 0 Å². The fourth-order valence-electron chi connectivity index (χ4n) is 3.88. The number of fused-ring (bicyclic) bond motifs is 2. The van der Waals surface area contributed by atoms with Gasteiger partial charge in [0, 0.05) is 24.8 Å². The van der Waals surface area contributed by atoms with Gasteiger partial charge < -0.3 is 10.0 Å². The Bertz CT molecular complexity index is 380. The Labute approximate surface area is 115 Å². The summed E-state index contributed by atoms with van der Waals surface area (Å²) in [6, 6.07) is 0.840. The van der Waals surface area contributed by atoms with E-state index in [9.17, 15) is 9.90 Å². The zero-order chi connectivity index (χ0) is 13.4. The number of allylic oxidation sites excluding steroid dienone is 2. The molecular formula is C15H24N2O2. The van der Waals surface area contributed by atoms with Crippen LogP contribution in [0.2, 0.25) is 0 Å². The zero-order valence-electron chi connectivity index (χ0n) is 11.7. The highest BCUT2D eigenvalue weighted by Crippen LogP contribution is 2.35. The summed E-state index contributed by atoms with van der Waals surface area (Å²) in [6.07, 6.45) is 9.32. The minimum Gasteiger partial charge on any atom is -0.393 e. The number of carbonyl (C=O) groups is 1. The van der Waals surface area contributed by atoms with Crippen molar-refractivity contribution in [3.63, 3.8) is 0 Å². The van der Waals surface area contributed by atoms with E-state index in [4.69, 9.17) is 0 Å². The lowest BCUT2D eigenvalue weighted by Gasteiger charge is -2.37. The standard InChI is InChI=1S/C15H24N2O2/c1-16(11-4-2-3-5-11)15(19)10-17-12-6-7-13(17)9-14(18)8-12/h4,12-14,18H,2-3,5-10H2,1H3. The Kier molecular flexibility index (Phi) is 3.63. The van der Waals surface area contributed by atoms with E-state index in [2.05, 4.69) is 11.0 Å². The lowest BCUT2D eigenvalue weighted by molar-refractivity contribution is -0.131. The molecule has 0 saturated carbocycles. The van der Waals surface area contributed by atoms with Gasteiger partial charge in [-0.05, 0) is 44.9 Å². The quantitative estimate of drug-likeness (QED) is 0.840. The van der Waals surface area contributed by atoms with E-state index in [1.54, 1.807) is 0 Å². The summed E-state index contributed by atoms with van der Waals surface area (Å²) >= 11 is 0. The number of carbonyl (C=O) groups excluding carboxylic acids is 1. The SMILES string of the molecule is CN(C(=O)CN1C2CCC1CC(O)C2)C1=CCCC1. The number of rotatable bonds is 3. The smallest absolute Gasteiger partial charge is 0.240 e. The Morgan fingerprint density at radius 3 is 2.68 bits per heavy atom. The van der Waals surface area contributed by atoms with Gasteiger partial charge >= 0.3 is 0 Å². The molecule has 2 bridgehead atoms. The first kappa shape index (κ1) is 13.1. The predicted molar refractivity (Wildman–Crippen MR) is 73.5 cm³/mol. The molecule has 106 valence electrons. The maximum atomic E-state index is 12.4. The highest BCUT2D eigenvalue weighted by Gasteiger charge is 2.41. The van der Waals surface area contributed by atoms with E-state index in [0.717, 1.165) is 38.5 Å². The molecule has 3 aliphatic rings. The van der Waals surface area contributed by atoms with E-state index in [0.29, 0.717) is 18.6 Å². The third-order valence-corrected chi connectivity index (χ3v) is 5.00. The second-order valence-electron chi connectivity index (χ2n) is 6.22. The molecule has 19 heavy (non-hydrogen) atoms. The molecule has 0 aromatic carbocycles. The van der Waals surface area contributed by atoms with E-state index >= 15 is 0 Å². The molecule has 1 amide bonds. The molecule has 2 atom stereocenters. The molecule has 4 heteroatoms. The van der Waals surface area contributed by atoms with E-state index < -0.39 is 0 Å². The van der Waals surface area contributed by atoms with Crippen molar-refractivity contribution in [3.05, 3.63) is 11.8 Å². The van der Waals surface area contributed by atoms with E-state index in [1.165, 1.54) is 12.1 Å². The van der Waals surface area contributed by atoms with Crippen LogP contribution in [0.1, 0.15) is 44.9 Å². The molecule has 2 unspecified atom stereocenters. The van der Waals surface area contributed by atoms with Gasteiger partial charge in [0.15, 0.2) is 0 Å². The van der Waals surface area contributed by atoms with Gasteiger partial charge in [-0.1, -0.05) is 6.08 Å². The summed E-state index contributed by atoms with van der Waals surface area (Å²) in [7, 11) is 1.90. The number of amides is 1. The molecular weight excluding hydrogens is 240 g/mol. The number of aliphatic hydroxyl groups excluding tert-OH is 1. The number of hydrogen-bond acceptors (Lipinski definition) is 3. The van der Waals surface area contributed by atoms with Crippen LogP contribution < -0.4 is 0 Å². The largest absolute Gasteiger partial charge is 0.393 e. The summed E-state index contributed by atoms with van der Waals surface area (Å²) in [5, 5.41) is 9.79. The average molecular weight is 264 g/mol. The van der Waals surface area contributed by atoms with Crippen molar-refractivity contribution >= 4 is 5.91 Å². The lowest BCUT2D eigenvalue weighted by Crippen LogP contribution is -2.49. The van der Waals surface area contributed by atoms with Crippen molar-refractivity contribution < 1.29 is 9.90 Å². The molecule has 2 saturated heterocycles. The number of hydrogen-bond donors (Lipinski definition) is 1. The predicted octanol–water partition coefficient (Wildman–Crippen LogP) is 1.50. The first-order valence-electron chi connectivity index (χ1n) is 7.54. The van der Waals surface area contributed by atoms with Crippen molar-refractivity contribution in [2.45, 2.75) is 63.1 Å². The molecule has 2 heterocycles. The Morgan fingerprint density at radius 2 is 2.11 bits per heavy atom. The summed E-state index contributed by atoms with van der Waals surface area (Å²) < 4.78 is 0. The fraction of sp³-hybridized carbons (Fsp3) is 0.800. The third-order valence-electron chi connectivity index (χ3n) is 5.00. The van der Waals surface area contributed by atoms with Crippen molar-refractivity contribution in [2.24, 2.45) is 0 Å². The van der Waals surface area contributed by atoms with Crippen LogP contribution in [0.5, 0.6) is 0 Å². The van der Waals surface area contributed by atoms with Crippen LogP contribution >= 0.6 is 0 Å². The second-order valence-corrected chi connectivity index (χ2v) is 6.22. The summed E-state index contributed by atoms with van der Waals surface area (Å²) in [6.45, 7) is 0.524. The van der Waals surface area contributed by atoms with Crippen LogP contribution in [0.15, 0.2) is 11.8 Å². The molecule has 1 aliphatic carbocycles. The van der Waals surface area contributed by atoms with Crippen LogP contribution in [-0.4, -0.2) is 52.6 Å². The van der Waals surface area contributed by atoms with Gasteiger partial charge in [0.2, 0.25) is 5.91 Å². The number of likely N-dealkylation sites (N-methyl/N-ethyl adjacent to an activating group) is 1. The van der Waals surface area contributed by atoms with E-state index in [1.807, 2.05) is 11.9 Å². The summed E-state index contributed by atoms with van der Waals surface area (Å²) in [5.41, 5.74) is 1.19. The molecule has 4 nitrogen and oxygen atoms in total. The van der Waals surface area contributed by atoms with Crippen molar-refractivity contribution in [2.75, 3.05) is 13.6 Å². The normalized spacial score (nSPS) is 34.4. The van der Waals surface area contributed by atoms with Gasteiger partial charge in [-0.15, -0.1) is 0 Å². The molecule has 0 spiro atoms. The number of aliphatic hydroxyl groups is 1. The Morgan fingerprint density at radius 1 is 1.42 bits per heavy atom. The van der Waals surface area contributed by atoms with Gasteiger partial charge in [0.05, 0.1) is 12.6 Å². The first-order valence-corrected chi connectivity index (χ1v) is 7.54. The number of piperidine rings is 1. The van der Waals surface area contributed by atoms with Crippen LogP contribution in [-0.2, 0) is 4.79 Å². The fourth-order valence-corrected chi connectivity index (χ4v) is 3.88.